The van der Waals surface area contributed by atoms with Gasteiger partial charge in [-0.2, -0.15) is 0 Å². The van der Waals surface area contributed by atoms with Gasteiger partial charge in [0.15, 0.2) is 0 Å². The molecule has 1 heteroatoms. The number of hydrogen-bond donors (Lipinski definition) is 1. The number of unbranched alkanes of at least 4 members (excludes halogenated alkanes) is 3. The molecule has 0 saturated carbocycles. The smallest absolute Gasteiger partial charge is 0.0106 e. The third kappa shape index (κ3) is 7.70. The van der Waals surface area contributed by atoms with Crippen molar-refractivity contribution in [2.45, 2.75) is 32.6 Å². The summed E-state index contributed by atoms with van der Waals surface area (Å²) in [6.07, 6.45) is 9.34. The second kappa shape index (κ2) is 7.70. The zero-order chi connectivity index (χ0) is 6.95. The molecule has 54 valence electrons. The maximum atomic E-state index is 5.26. The molecule has 0 aromatic heterocycles. The van der Waals surface area contributed by atoms with Crippen molar-refractivity contribution in [3.63, 3.8) is 0 Å². The Bertz CT molecular complexity index is 67.0. The average Bonchev–Trinajstić information content (AvgIpc) is 1.89. The summed E-state index contributed by atoms with van der Waals surface area (Å²) >= 11 is 0. The second-order valence-electron chi connectivity index (χ2n) is 2.20. The lowest BCUT2D eigenvalue weighted by molar-refractivity contribution is 0.728. The van der Waals surface area contributed by atoms with Gasteiger partial charge in [0.25, 0.3) is 0 Å². The Morgan fingerprint density at radius 1 is 1.22 bits per heavy atom. The topological polar surface area (TPSA) is 26.0 Å². The van der Waals surface area contributed by atoms with Crippen LogP contribution in [0.1, 0.15) is 32.6 Å². The van der Waals surface area contributed by atoms with E-state index in [-0.39, 0.29) is 0 Å². The highest BCUT2D eigenvalue weighted by Gasteiger charge is 1.79. The molecule has 0 rings (SSSR count). The zero-order valence-electron chi connectivity index (χ0n) is 6.27. The third-order valence-electron chi connectivity index (χ3n) is 1.28. The zero-order valence-corrected chi connectivity index (χ0v) is 6.27. The highest BCUT2D eigenvalue weighted by molar-refractivity contribution is 4.81. The Kier molecular flexibility index (Phi) is 7.44. The molecule has 1 nitrogen and oxygen atoms in total. The maximum Gasteiger partial charge on any atom is 0.0106 e. The molecular weight excluding hydrogens is 110 g/mol. The van der Waals surface area contributed by atoms with Gasteiger partial charge in [-0.25, -0.2) is 0 Å². The van der Waals surface area contributed by atoms with Gasteiger partial charge in [0.2, 0.25) is 0 Å². The molecule has 0 aromatic carbocycles. The monoisotopic (exact) mass is 127 g/mol. The van der Waals surface area contributed by atoms with E-state index in [4.69, 9.17) is 5.73 Å². The minimum absolute atomic E-state index is 0.687. The van der Waals surface area contributed by atoms with Crippen LogP contribution in [0.25, 0.3) is 0 Å². The first kappa shape index (κ1) is 8.70. The van der Waals surface area contributed by atoms with Crippen LogP contribution in [-0.2, 0) is 0 Å². The number of allylic oxidation sites excluding steroid dienone is 1. The molecule has 0 aliphatic rings. The van der Waals surface area contributed by atoms with Crippen molar-refractivity contribution in [2.24, 2.45) is 5.73 Å². The molecular formula is C8H17N. The van der Waals surface area contributed by atoms with Crippen molar-refractivity contribution in [1.29, 1.82) is 0 Å². The standard InChI is InChI=1S/C8H17N/c1-2-3-4-5-6-7-8-9/h6-7H,2-5,8-9H2,1H3. The molecule has 0 spiro atoms. The maximum absolute atomic E-state index is 5.26. The molecule has 0 aromatic rings. The first-order valence-electron chi connectivity index (χ1n) is 3.77. The highest BCUT2D eigenvalue weighted by Crippen LogP contribution is 1.98. The van der Waals surface area contributed by atoms with Gasteiger partial charge >= 0.3 is 0 Å². The quantitative estimate of drug-likeness (QED) is 0.444. The fourth-order valence-corrected chi connectivity index (χ4v) is 0.726. The van der Waals surface area contributed by atoms with Crippen LogP contribution in [0, 0.1) is 0 Å². The van der Waals surface area contributed by atoms with E-state index in [0.717, 1.165) is 0 Å². The van der Waals surface area contributed by atoms with E-state index < -0.39 is 0 Å². The predicted octanol–water partition coefficient (Wildman–Crippen LogP) is 2.08. The molecule has 0 unspecified atom stereocenters. The van der Waals surface area contributed by atoms with E-state index in [1.807, 2.05) is 6.08 Å². The van der Waals surface area contributed by atoms with Crippen LogP contribution in [0.4, 0.5) is 0 Å². The van der Waals surface area contributed by atoms with Crippen LogP contribution >= 0.6 is 0 Å². The van der Waals surface area contributed by atoms with Crippen LogP contribution in [0.2, 0.25) is 0 Å². The van der Waals surface area contributed by atoms with Gasteiger partial charge in [0.05, 0.1) is 0 Å². The normalized spacial score (nSPS) is 10.9. The van der Waals surface area contributed by atoms with E-state index in [1.54, 1.807) is 0 Å². The summed E-state index contributed by atoms with van der Waals surface area (Å²) in [5.41, 5.74) is 5.26. The lowest BCUT2D eigenvalue weighted by atomic mass is 10.2. The predicted molar refractivity (Wildman–Crippen MR) is 42.3 cm³/mol. The summed E-state index contributed by atoms with van der Waals surface area (Å²) in [7, 11) is 0. The summed E-state index contributed by atoms with van der Waals surface area (Å²) in [4.78, 5) is 0. The van der Waals surface area contributed by atoms with Crippen molar-refractivity contribution < 1.29 is 0 Å². The lowest BCUT2D eigenvalue weighted by Gasteiger charge is -1.89. The van der Waals surface area contributed by atoms with E-state index in [2.05, 4.69) is 13.0 Å². The van der Waals surface area contributed by atoms with E-state index >= 15 is 0 Å². The number of hydrogen-bond acceptors (Lipinski definition) is 1. The van der Waals surface area contributed by atoms with Gasteiger partial charge in [-0.3, -0.25) is 0 Å². The van der Waals surface area contributed by atoms with E-state index in [1.165, 1.54) is 25.7 Å². The molecule has 0 aliphatic heterocycles. The summed E-state index contributed by atoms with van der Waals surface area (Å²) in [5.74, 6) is 0. The third-order valence-corrected chi connectivity index (χ3v) is 1.28. The highest BCUT2D eigenvalue weighted by atomic mass is 14.5. The summed E-state index contributed by atoms with van der Waals surface area (Å²) in [5, 5.41) is 0. The average molecular weight is 127 g/mol. The molecule has 2 N–H and O–H groups in total. The fourth-order valence-electron chi connectivity index (χ4n) is 0.726. The van der Waals surface area contributed by atoms with Gasteiger partial charge in [0.1, 0.15) is 0 Å². The fraction of sp³-hybridized carbons (Fsp3) is 0.750. The van der Waals surface area contributed by atoms with Gasteiger partial charge in [-0.15, -0.1) is 0 Å². The van der Waals surface area contributed by atoms with Gasteiger partial charge in [0, 0.05) is 6.54 Å². The van der Waals surface area contributed by atoms with Crippen molar-refractivity contribution in [3.8, 4) is 0 Å². The minimum Gasteiger partial charge on any atom is -0.327 e. The van der Waals surface area contributed by atoms with Crippen LogP contribution in [0.5, 0.6) is 0 Å². The van der Waals surface area contributed by atoms with Crippen LogP contribution in [0.15, 0.2) is 12.2 Å². The van der Waals surface area contributed by atoms with Crippen LogP contribution < -0.4 is 5.73 Å². The lowest BCUT2D eigenvalue weighted by Crippen LogP contribution is -1.91. The number of nitrogens with two attached hydrogens (primary N) is 1. The molecule has 0 heterocycles. The largest absolute Gasteiger partial charge is 0.327 e. The van der Waals surface area contributed by atoms with Crippen LogP contribution in [0.3, 0.4) is 0 Å². The van der Waals surface area contributed by atoms with Crippen molar-refractivity contribution in [2.75, 3.05) is 6.54 Å². The number of rotatable bonds is 5. The van der Waals surface area contributed by atoms with E-state index in [9.17, 15) is 0 Å². The molecule has 0 radical (unpaired) electrons. The molecule has 0 amide bonds. The Balaban J connectivity index is 2.82. The Hall–Kier alpha value is -0.300. The summed E-state index contributed by atoms with van der Waals surface area (Å²) in [6, 6.07) is 0. The van der Waals surface area contributed by atoms with Crippen molar-refractivity contribution in [1.82, 2.24) is 0 Å². The van der Waals surface area contributed by atoms with Crippen molar-refractivity contribution >= 4 is 0 Å². The minimum atomic E-state index is 0.687. The molecule has 0 atom stereocenters. The first-order chi connectivity index (χ1) is 4.41. The summed E-state index contributed by atoms with van der Waals surface area (Å²) in [6.45, 7) is 2.90. The second-order valence-corrected chi connectivity index (χ2v) is 2.20. The van der Waals surface area contributed by atoms with E-state index in [0.29, 0.717) is 6.54 Å². The molecule has 0 aliphatic carbocycles. The molecule has 0 saturated heterocycles. The molecule has 9 heavy (non-hydrogen) atoms. The van der Waals surface area contributed by atoms with Gasteiger partial charge in [-0.1, -0.05) is 31.9 Å². The Morgan fingerprint density at radius 3 is 2.56 bits per heavy atom. The Labute approximate surface area is 57.9 Å². The molecule has 0 fully saturated rings. The van der Waals surface area contributed by atoms with Gasteiger partial charge < -0.3 is 5.73 Å². The molecule has 0 bridgehead atoms. The summed E-state index contributed by atoms with van der Waals surface area (Å²) < 4.78 is 0. The van der Waals surface area contributed by atoms with Crippen molar-refractivity contribution in [3.05, 3.63) is 12.2 Å². The SMILES string of the molecule is CCCCCC=CCN. The van der Waals surface area contributed by atoms with Gasteiger partial charge in [-0.05, 0) is 12.8 Å². The Morgan fingerprint density at radius 2 is 2.00 bits per heavy atom. The van der Waals surface area contributed by atoms with Crippen LogP contribution in [-0.4, -0.2) is 6.54 Å². The first-order valence-corrected chi connectivity index (χ1v) is 3.77.